The lowest BCUT2D eigenvalue weighted by atomic mass is 10.1. The first-order valence-corrected chi connectivity index (χ1v) is 9.11. The number of nitrogens with zero attached hydrogens (tertiary/aromatic N) is 5. The quantitative estimate of drug-likeness (QED) is 0.635. The molecule has 0 fully saturated rings. The van der Waals surface area contributed by atoms with Crippen molar-refractivity contribution in [3.63, 3.8) is 0 Å². The van der Waals surface area contributed by atoms with E-state index in [2.05, 4.69) is 20.8 Å². The Kier molecular flexibility index (Phi) is 4.86. The Hall–Kier alpha value is -3.88. The highest BCUT2D eigenvalue weighted by atomic mass is 16.2. The molecule has 9 heteroatoms. The monoisotopic (exact) mass is 390 g/mol. The summed E-state index contributed by atoms with van der Waals surface area (Å²) in [5.74, 6) is -0.577. The molecule has 1 aliphatic rings. The van der Waals surface area contributed by atoms with Crippen molar-refractivity contribution in [1.82, 2.24) is 30.4 Å². The summed E-state index contributed by atoms with van der Waals surface area (Å²) in [6, 6.07) is 14.3. The molecule has 0 bridgehead atoms. The first kappa shape index (κ1) is 18.5. The van der Waals surface area contributed by atoms with Gasteiger partial charge in [0.25, 0.3) is 11.8 Å². The number of fused-ring (bicyclic) bond motifs is 1. The second-order valence-electron chi connectivity index (χ2n) is 6.68. The van der Waals surface area contributed by atoms with Crippen LogP contribution in [-0.2, 0) is 11.3 Å². The molecule has 29 heavy (non-hydrogen) atoms. The van der Waals surface area contributed by atoms with Crippen molar-refractivity contribution in [3.05, 3.63) is 71.0 Å². The normalized spacial score (nSPS) is 12.9. The van der Waals surface area contributed by atoms with Gasteiger partial charge in [-0.15, -0.1) is 5.10 Å². The topological polar surface area (TPSA) is 110 Å². The average Bonchev–Trinajstić information content (AvgIpc) is 3.29. The molecule has 0 saturated carbocycles. The largest absolute Gasteiger partial charge is 0.349 e. The lowest BCUT2D eigenvalue weighted by Crippen LogP contribution is -2.34. The molecular formula is C20H18N6O3. The molecule has 0 unspecified atom stereocenters. The molecular weight excluding hydrogens is 372 g/mol. The predicted molar refractivity (Wildman–Crippen MR) is 102 cm³/mol. The number of tetrazole rings is 1. The summed E-state index contributed by atoms with van der Waals surface area (Å²) in [6.07, 6.45) is -0.00241. The second kappa shape index (κ2) is 7.63. The Labute approximate surface area is 166 Å². The van der Waals surface area contributed by atoms with Gasteiger partial charge in [0.15, 0.2) is 5.82 Å². The fraction of sp³-hybridized carbons (Fsp3) is 0.200. The number of hydrogen-bond donors (Lipinski definition) is 1. The molecule has 3 amide bonds. The number of aromatic nitrogens is 4. The van der Waals surface area contributed by atoms with Crippen molar-refractivity contribution in [3.8, 4) is 5.69 Å². The number of rotatable bonds is 6. The van der Waals surface area contributed by atoms with Gasteiger partial charge in [-0.1, -0.05) is 29.8 Å². The summed E-state index contributed by atoms with van der Waals surface area (Å²) in [7, 11) is 0. The van der Waals surface area contributed by atoms with Crippen LogP contribution in [0, 0.1) is 6.92 Å². The van der Waals surface area contributed by atoms with Crippen LogP contribution >= 0.6 is 0 Å². The molecule has 1 N–H and O–H groups in total. The SMILES string of the molecule is Cc1ccc(-n2nnnc2CNC(=O)CCN2C(=O)c3ccccc3C2=O)cc1. The van der Waals surface area contributed by atoms with Crippen LogP contribution in [0.4, 0.5) is 0 Å². The van der Waals surface area contributed by atoms with E-state index in [4.69, 9.17) is 0 Å². The van der Waals surface area contributed by atoms with Gasteiger partial charge in [0, 0.05) is 13.0 Å². The zero-order valence-corrected chi connectivity index (χ0v) is 15.7. The molecule has 3 aromatic rings. The molecule has 4 rings (SSSR count). The number of imide groups is 1. The molecule has 0 aliphatic carbocycles. The Morgan fingerprint density at radius 1 is 1.00 bits per heavy atom. The van der Waals surface area contributed by atoms with Gasteiger partial charge >= 0.3 is 0 Å². The van der Waals surface area contributed by atoms with Gasteiger partial charge in [0.2, 0.25) is 5.91 Å². The number of nitrogens with one attached hydrogen (secondary N) is 1. The van der Waals surface area contributed by atoms with Crippen molar-refractivity contribution in [2.45, 2.75) is 19.9 Å². The first-order valence-electron chi connectivity index (χ1n) is 9.11. The molecule has 1 aliphatic heterocycles. The van der Waals surface area contributed by atoms with Gasteiger partial charge in [0.05, 0.1) is 23.4 Å². The van der Waals surface area contributed by atoms with Crippen molar-refractivity contribution in [2.75, 3.05) is 6.54 Å². The third-order valence-corrected chi connectivity index (χ3v) is 4.70. The van der Waals surface area contributed by atoms with Crippen LogP contribution < -0.4 is 5.32 Å². The minimum Gasteiger partial charge on any atom is -0.349 e. The summed E-state index contributed by atoms with van der Waals surface area (Å²) in [5, 5.41) is 14.3. The highest BCUT2D eigenvalue weighted by molar-refractivity contribution is 6.21. The maximum atomic E-state index is 12.3. The molecule has 0 spiro atoms. The van der Waals surface area contributed by atoms with Crippen LogP contribution in [0.3, 0.4) is 0 Å². The van der Waals surface area contributed by atoms with Gasteiger partial charge in [-0.25, -0.2) is 0 Å². The third-order valence-electron chi connectivity index (χ3n) is 4.70. The van der Waals surface area contributed by atoms with E-state index in [0.29, 0.717) is 17.0 Å². The Morgan fingerprint density at radius 3 is 2.31 bits per heavy atom. The highest BCUT2D eigenvalue weighted by Gasteiger charge is 2.34. The van der Waals surface area contributed by atoms with Crippen LogP contribution in [0.1, 0.15) is 38.5 Å². The zero-order chi connectivity index (χ0) is 20.4. The maximum absolute atomic E-state index is 12.3. The minimum atomic E-state index is -0.373. The van der Waals surface area contributed by atoms with Crippen LogP contribution in [0.15, 0.2) is 48.5 Å². The summed E-state index contributed by atoms with van der Waals surface area (Å²) in [5.41, 5.74) is 2.64. The zero-order valence-electron chi connectivity index (χ0n) is 15.7. The van der Waals surface area contributed by atoms with Gasteiger partial charge in [0.1, 0.15) is 0 Å². The summed E-state index contributed by atoms with van der Waals surface area (Å²) in [6.45, 7) is 2.13. The van der Waals surface area contributed by atoms with E-state index in [1.807, 2.05) is 31.2 Å². The standard InChI is InChI=1S/C20H18N6O3/c1-13-6-8-14(9-7-13)26-17(22-23-24-26)12-21-18(27)10-11-25-19(28)15-4-2-3-5-16(15)20(25)29/h2-9H,10-12H2,1H3,(H,21,27). The smallest absolute Gasteiger partial charge is 0.261 e. The summed E-state index contributed by atoms with van der Waals surface area (Å²) >= 11 is 0. The van der Waals surface area contributed by atoms with E-state index in [1.54, 1.807) is 28.9 Å². The Bertz CT molecular complexity index is 1050. The molecule has 2 heterocycles. The number of carbonyl (C=O) groups excluding carboxylic acids is 3. The summed E-state index contributed by atoms with van der Waals surface area (Å²) in [4.78, 5) is 38.0. The van der Waals surface area contributed by atoms with E-state index in [-0.39, 0.29) is 37.2 Å². The number of carbonyl (C=O) groups is 3. The number of benzene rings is 2. The van der Waals surface area contributed by atoms with Gasteiger partial charge in [-0.05, 0) is 41.6 Å². The molecule has 9 nitrogen and oxygen atoms in total. The van der Waals surface area contributed by atoms with E-state index < -0.39 is 0 Å². The van der Waals surface area contributed by atoms with Crippen molar-refractivity contribution >= 4 is 17.7 Å². The fourth-order valence-corrected chi connectivity index (χ4v) is 3.12. The van der Waals surface area contributed by atoms with Crippen LogP contribution in [0.2, 0.25) is 0 Å². The third kappa shape index (κ3) is 3.62. The lowest BCUT2D eigenvalue weighted by Gasteiger charge is -2.13. The first-order chi connectivity index (χ1) is 14.0. The Balaban J connectivity index is 1.34. The van der Waals surface area contributed by atoms with Gasteiger partial charge in [-0.2, -0.15) is 4.68 Å². The average molecular weight is 390 g/mol. The van der Waals surface area contributed by atoms with Crippen LogP contribution in [-0.4, -0.2) is 49.4 Å². The molecule has 0 atom stereocenters. The van der Waals surface area contributed by atoms with Crippen molar-refractivity contribution in [1.29, 1.82) is 0 Å². The van der Waals surface area contributed by atoms with Gasteiger partial charge < -0.3 is 5.32 Å². The fourth-order valence-electron chi connectivity index (χ4n) is 3.12. The molecule has 1 aromatic heterocycles. The number of aryl methyl sites for hydroxylation is 1. The lowest BCUT2D eigenvalue weighted by molar-refractivity contribution is -0.121. The van der Waals surface area contributed by atoms with E-state index in [1.165, 1.54) is 0 Å². The van der Waals surface area contributed by atoms with E-state index in [9.17, 15) is 14.4 Å². The minimum absolute atomic E-state index is 0.00241. The summed E-state index contributed by atoms with van der Waals surface area (Å²) < 4.78 is 1.55. The molecule has 0 radical (unpaired) electrons. The molecule has 0 saturated heterocycles. The predicted octanol–water partition coefficient (Wildman–Crippen LogP) is 1.27. The van der Waals surface area contributed by atoms with E-state index in [0.717, 1.165) is 16.2 Å². The van der Waals surface area contributed by atoms with Crippen LogP contribution in [0.5, 0.6) is 0 Å². The van der Waals surface area contributed by atoms with Crippen molar-refractivity contribution < 1.29 is 14.4 Å². The van der Waals surface area contributed by atoms with Crippen LogP contribution in [0.25, 0.3) is 5.69 Å². The second-order valence-corrected chi connectivity index (χ2v) is 6.68. The Morgan fingerprint density at radius 2 is 1.66 bits per heavy atom. The molecule has 2 aromatic carbocycles. The van der Waals surface area contributed by atoms with Gasteiger partial charge in [-0.3, -0.25) is 19.3 Å². The number of amides is 3. The van der Waals surface area contributed by atoms with Crippen molar-refractivity contribution in [2.24, 2.45) is 0 Å². The maximum Gasteiger partial charge on any atom is 0.261 e. The highest BCUT2D eigenvalue weighted by Crippen LogP contribution is 2.22. The molecule has 146 valence electrons. The van der Waals surface area contributed by atoms with E-state index >= 15 is 0 Å². The number of hydrogen-bond acceptors (Lipinski definition) is 6.